The lowest BCUT2D eigenvalue weighted by Crippen LogP contribution is -2.43. The normalized spacial score (nSPS) is 18.3. The van der Waals surface area contributed by atoms with Crippen molar-refractivity contribution in [3.8, 4) is 39.5 Å². The predicted molar refractivity (Wildman–Crippen MR) is 189 cm³/mol. The first-order valence-electron chi connectivity index (χ1n) is 16.6. The molecule has 0 amide bonds. The van der Waals surface area contributed by atoms with E-state index in [4.69, 9.17) is 9.47 Å². The molecule has 5 aromatic carbocycles. The maximum Gasteiger partial charge on any atom is 0.130 e. The van der Waals surface area contributed by atoms with Gasteiger partial charge in [-0.15, -0.1) is 0 Å². The van der Waals surface area contributed by atoms with Crippen LogP contribution in [0.15, 0.2) is 84.9 Å². The Hall–Kier alpha value is -4.44. The molecule has 0 unspecified atom stereocenters. The van der Waals surface area contributed by atoms with Crippen molar-refractivity contribution < 1.29 is 14.6 Å². The molecular formula is C42H43NO3. The van der Waals surface area contributed by atoms with E-state index in [0.29, 0.717) is 5.75 Å². The van der Waals surface area contributed by atoms with Gasteiger partial charge >= 0.3 is 0 Å². The Bertz CT molecular complexity index is 2020. The summed E-state index contributed by atoms with van der Waals surface area (Å²) >= 11 is 0. The van der Waals surface area contributed by atoms with Gasteiger partial charge in [-0.2, -0.15) is 0 Å². The van der Waals surface area contributed by atoms with Crippen LogP contribution in [0, 0.1) is 10.8 Å². The van der Waals surface area contributed by atoms with E-state index in [2.05, 4.69) is 105 Å². The van der Waals surface area contributed by atoms with Crippen LogP contribution in [0.4, 0.5) is 11.4 Å². The third kappa shape index (κ3) is 4.26. The lowest BCUT2D eigenvalue weighted by molar-refractivity contribution is 0.0645. The van der Waals surface area contributed by atoms with Crippen molar-refractivity contribution in [3.63, 3.8) is 0 Å². The average molecular weight is 610 g/mol. The van der Waals surface area contributed by atoms with Crippen LogP contribution in [-0.4, -0.2) is 25.9 Å². The molecule has 0 aromatic heterocycles. The van der Waals surface area contributed by atoms with Crippen molar-refractivity contribution in [1.29, 1.82) is 0 Å². The van der Waals surface area contributed by atoms with Gasteiger partial charge in [0, 0.05) is 45.9 Å². The first-order chi connectivity index (χ1) is 22.0. The van der Waals surface area contributed by atoms with Crippen LogP contribution in [0.25, 0.3) is 33.0 Å². The van der Waals surface area contributed by atoms with Crippen molar-refractivity contribution in [1.82, 2.24) is 0 Å². The number of ether oxygens (including phenoxy) is 2. The smallest absolute Gasteiger partial charge is 0.130 e. The van der Waals surface area contributed by atoms with Crippen molar-refractivity contribution >= 4 is 22.1 Å². The number of aromatic hydroxyl groups is 1. The van der Waals surface area contributed by atoms with Gasteiger partial charge in [-0.1, -0.05) is 70.2 Å². The number of fused-ring (bicyclic) bond motifs is 8. The number of hydrogen-bond acceptors (Lipinski definition) is 4. The molecule has 0 saturated heterocycles. The second-order valence-electron chi connectivity index (χ2n) is 15.3. The van der Waals surface area contributed by atoms with Gasteiger partial charge in [0.15, 0.2) is 0 Å². The number of para-hydroxylation sites is 1. The highest BCUT2D eigenvalue weighted by Crippen LogP contribution is 2.65. The summed E-state index contributed by atoms with van der Waals surface area (Å²) in [5.41, 5.74) is 11.2. The van der Waals surface area contributed by atoms with E-state index in [1.165, 1.54) is 39.9 Å². The van der Waals surface area contributed by atoms with Crippen LogP contribution in [0.2, 0.25) is 0 Å². The monoisotopic (exact) mass is 609 g/mol. The Morgan fingerprint density at radius 1 is 0.652 bits per heavy atom. The Balaban J connectivity index is 1.46. The minimum atomic E-state index is -0.152. The lowest BCUT2D eigenvalue weighted by atomic mass is 9.52. The summed E-state index contributed by atoms with van der Waals surface area (Å²) in [6.07, 6.45) is 4.30. The molecule has 1 heterocycles. The van der Waals surface area contributed by atoms with Gasteiger partial charge < -0.3 is 19.5 Å². The quantitative estimate of drug-likeness (QED) is 0.220. The molecule has 1 N–H and O–H groups in total. The second-order valence-corrected chi connectivity index (χ2v) is 15.3. The highest BCUT2D eigenvalue weighted by atomic mass is 16.5. The molecule has 0 radical (unpaired) electrons. The zero-order chi connectivity index (χ0) is 32.0. The number of nitrogens with zero attached hydrogens (tertiary/aromatic N) is 1. The molecule has 1 aliphatic heterocycles. The van der Waals surface area contributed by atoms with Crippen LogP contribution in [0.3, 0.4) is 0 Å². The first kappa shape index (κ1) is 29.0. The molecule has 4 nitrogen and oxygen atoms in total. The summed E-state index contributed by atoms with van der Waals surface area (Å²) in [4.78, 5) is 2.45. The van der Waals surface area contributed by atoms with Gasteiger partial charge in [-0.05, 0) is 106 Å². The predicted octanol–water partition coefficient (Wildman–Crippen LogP) is 10.4. The topological polar surface area (TPSA) is 41.9 Å². The number of hydrogen-bond donors (Lipinski definition) is 1. The van der Waals surface area contributed by atoms with Crippen LogP contribution < -0.4 is 14.4 Å². The van der Waals surface area contributed by atoms with E-state index in [0.717, 1.165) is 64.9 Å². The van der Waals surface area contributed by atoms with Gasteiger partial charge in [0.2, 0.25) is 0 Å². The molecule has 0 bridgehead atoms. The third-order valence-corrected chi connectivity index (χ3v) is 10.9. The summed E-state index contributed by atoms with van der Waals surface area (Å²) in [6, 6.07) is 30.4. The number of anilines is 2. The largest absolute Gasteiger partial charge is 0.507 e. The maximum atomic E-state index is 12.0. The van der Waals surface area contributed by atoms with Crippen LogP contribution in [-0.2, 0) is 11.8 Å². The third-order valence-electron chi connectivity index (χ3n) is 10.9. The fourth-order valence-corrected chi connectivity index (χ4v) is 9.92. The second kappa shape index (κ2) is 10.0. The Morgan fingerprint density at radius 3 is 2.15 bits per heavy atom. The number of benzene rings is 5. The molecule has 0 atom stereocenters. The van der Waals surface area contributed by atoms with E-state index in [-0.39, 0.29) is 16.2 Å². The molecule has 46 heavy (non-hydrogen) atoms. The average Bonchev–Trinajstić information content (AvgIpc) is 3.56. The number of methoxy groups -OCH3 is 2. The van der Waals surface area contributed by atoms with Crippen LogP contribution in [0.1, 0.15) is 63.6 Å². The molecule has 1 saturated carbocycles. The van der Waals surface area contributed by atoms with Gasteiger partial charge in [-0.25, -0.2) is 0 Å². The summed E-state index contributed by atoms with van der Waals surface area (Å²) in [5, 5.41) is 14.0. The van der Waals surface area contributed by atoms with Crippen molar-refractivity contribution in [3.05, 3.63) is 102 Å². The summed E-state index contributed by atoms with van der Waals surface area (Å²) in [6.45, 7) is 10.6. The zero-order valence-corrected chi connectivity index (χ0v) is 27.8. The van der Waals surface area contributed by atoms with Crippen LogP contribution in [0.5, 0.6) is 17.2 Å². The van der Waals surface area contributed by atoms with E-state index in [9.17, 15) is 5.11 Å². The van der Waals surface area contributed by atoms with Crippen molar-refractivity contribution in [2.75, 3.05) is 25.7 Å². The standard InChI is InChI=1S/C42H43NO3/c1-40(2)23-41(3,4)25-42(24-40)33-13-9-8-12-29(33)39-32-21-36(43-18-17-26-11-7-10-14-35(26)43)30(20-31(32)37(44)22-34(39)42)28-16-15-27(45-5)19-38(28)46-6/h7-16,19-22,44H,17-18,23-25H2,1-6H3. The molecule has 1 fully saturated rings. The van der Waals surface area contributed by atoms with E-state index >= 15 is 0 Å². The molecule has 8 rings (SSSR count). The van der Waals surface area contributed by atoms with Crippen molar-refractivity contribution in [2.24, 2.45) is 10.8 Å². The van der Waals surface area contributed by atoms with Crippen LogP contribution >= 0.6 is 0 Å². The zero-order valence-electron chi connectivity index (χ0n) is 27.8. The van der Waals surface area contributed by atoms with Gasteiger partial charge in [0.05, 0.1) is 14.2 Å². The van der Waals surface area contributed by atoms with Gasteiger partial charge in [-0.3, -0.25) is 0 Å². The molecule has 5 aromatic rings. The minimum absolute atomic E-state index is 0.152. The molecule has 4 heteroatoms. The lowest BCUT2D eigenvalue weighted by Gasteiger charge is -2.51. The highest BCUT2D eigenvalue weighted by Gasteiger charge is 2.53. The van der Waals surface area contributed by atoms with Gasteiger partial charge in [0.25, 0.3) is 0 Å². The maximum absolute atomic E-state index is 12.0. The van der Waals surface area contributed by atoms with E-state index in [1.54, 1.807) is 14.2 Å². The molecule has 234 valence electrons. The molecule has 2 aliphatic carbocycles. The van der Waals surface area contributed by atoms with E-state index < -0.39 is 0 Å². The van der Waals surface area contributed by atoms with Crippen molar-refractivity contribution in [2.45, 2.75) is 58.8 Å². The number of rotatable bonds is 4. The highest BCUT2D eigenvalue weighted by molar-refractivity contribution is 6.09. The molecule has 3 aliphatic rings. The fourth-order valence-electron chi connectivity index (χ4n) is 9.92. The summed E-state index contributed by atoms with van der Waals surface area (Å²) in [5.74, 6) is 1.82. The molecule has 1 spiro atoms. The minimum Gasteiger partial charge on any atom is -0.507 e. The number of phenols is 1. The summed E-state index contributed by atoms with van der Waals surface area (Å²) < 4.78 is 11.5. The Kier molecular flexibility index (Phi) is 6.32. The van der Waals surface area contributed by atoms with E-state index in [1.807, 2.05) is 12.1 Å². The SMILES string of the molecule is COc1ccc(-c2cc3c(O)cc4c(c3cc2N2CCc3ccccc32)-c2ccccc2C42CC(C)(C)CC(C)(C)C2)c(OC)c1. The van der Waals surface area contributed by atoms with Gasteiger partial charge in [0.1, 0.15) is 17.2 Å². The number of phenolic OH excluding ortho intramolecular Hbond substituents is 1. The Morgan fingerprint density at radius 2 is 1.39 bits per heavy atom. The first-order valence-corrected chi connectivity index (χ1v) is 16.6. The summed E-state index contributed by atoms with van der Waals surface area (Å²) in [7, 11) is 3.38. The fraction of sp³-hybridized carbons (Fsp3) is 0.333. The Labute approximate surface area is 272 Å². The molecular weight excluding hydrogens is 566 g/mol.